The highest BCUT2D eigenvalue weighted by Gasteiger charge is 2.27. The number of benzene rings is 1. The van der Waals surface area contributed by atoms with Crippen molar-refractivity contribution in [2.24, 2.45) is 0 Å². The molecule has 0 amide bonds. The Bertz CT molecular complexity index is 837. The maximum absolute atomic E-state index is 12.1. The lowest BCUT2D eigenvalue weighted by molar-refractivity contribution is 0.581. The van der Waals surface area contributed by atoms with Crippen LogP contribution in [0.5, 0.6) is 0 Å². The second-order valence-corrected chi connectivity index (χ2v) is 7.29. The molecule has 1 fully saturated rings. The van der Waals surface area contributed by atoms with Gasteiger partial charge in [0.05, 0.1) is 10.6 Å². The average molecular weight is 319 g/mol. The summed E-state index contributed by atoms with van der Waals surface area (Å²) in [5.41, 5.74) is 2.00. The van der Waals surface area contributed by atoms with Gasteiger partial charge in [0.25, 0.3) is 5.56 Å². The minimum Gasteiger partial charge on any atom is -0.268 e. The average Bonchev–Trinajstić information content (AvgIpc) is 3.27. The molecule has 0 saturated heterocycles. The van der Waals surface area contributed by atoms with E-state index in [9.17, 15) is 13.2 Å². The summed E-state index contributed by atoms with van der Waals surface area (Å²) >= 11 is 0. The summed E-state index contributed by atoms with van der Waals surface area (Å²) < 4.78 is 26.8. The first-order valence-electron chi connectivity index (χ1n) is 7.10. The van der Waals surface area contributed by atoms with Gasteiger partial charge in [-0.1, -0.05) is 12.1 Å². The van der Waals surface area contributed by atoms with Crippen molar-refractivity contribution in [3.8, 4) is 0 Å². The van der Waals surface area contributed by atoms with Gasteiger partial charge in [0.2, 0.25) is 10.0 Å². The van der Waals surface area contributed by atoms with Crippen molar-refractivity contribution in [3.05, 3.63) is 57.5 Å². The summed E-state index contributed by atoms with van der Waals surface area (Å²) in [4.78, 5) is 12.0. The van der Waals surface area contributed by atoms with Gasteiger partial charge in [0.1, 0.15) is 0 Å². The summed E-state index contributed by atoms with van der Waals surface area (Å²) in [6.07, 6.45) is 2.25. The van der Waals surface area contributed by atoms with Crippen molar-refractivity contribution >= 4 is 10.0 Å². The first kappa shape index (κ1) is 14.9. The van der Waals surface area contributed by atoms with Crippen LogP contribution in [0.4, 0.5) is 0 Å². The number of nitrogens with one attached hydrogen (secondary N) is 2. The molecule has 1 aromatic carbocycles. The topological polar surface area (TPSA) is 91.9 Å². The monoisotopic (exact) mass is 319 g/mol. The summed E-state index contributed by atoms with van der Waals surface area (Å²) in [6, 6.07) is 8.43. The second-order valence-electron chi connectivity index (χ2n) is 5.58. The number of aromatic nitrogens is 2. The zero-order valence-electron chi connectivity index (χ0n) is 12.2. The minimum atomic E-state index is -3.43. The number of aryl methyl sites for hydroxylation is 1. The normalized spacial score (nSPS) is 15.0. The first-order valence-corrected chi connectivity index (χ1v) is 8.59. The highest BCUT2D eigenvalue weighted by molar-refractivity contribution is 7.89. The molecule has 6 nitrogen and oxygen atoms in total. The molecule has 0 bridgehead atoms. The van der Waals surface area contributed by atoms with Gasteiger partial charge in [0, 0.05) is 18.0 Å². The van der Waals surface area contributed by atoms with Crippen molar-refractivity contribution in [3.63, 3.8) is 0 Å². The van der Waals surface area contributed by atoms with Gasteiger partial charge in [0.15, 0.2) is 0 Å². The van der Waals surface area contributed by atoms with Gasteiger partial charge >= 0.3 is 0 Å². The Kier molecular flexibility index (Phi) is 3.84. The van der Waals surface area contributed by atoms with E-state index >= 15 is 0 Å². The zero-order valence-corrected chi connectivity index (χ0v) is 13.0. The van der Waals surface area contributed by atoms with Gasteiger partial charge in [-0.25, -0.2) is 18.2 Å². The lowest BCUT2D eigenvalue weighted by Gasteiger charge is -2.07. The van der Waals surface area contributed by atoms with E-state index < -0.39 is 10.0 Å². The Balaban J connectivity index is 1.79. The van der Waals surface area contributed by atoms with Crippen molar-refractivity contribution in [1.82, 2.24) is 14.9 Å². The predicted molar refractivity (Wildman–Crippen MR) is 82.2 cm³/mol. The summed E-state index contributed by atoms with van der Waals surface area (Å²) in [6.45, 7) is 1.80. The third-order valence-corrected chi connectivity index (χ3v) is 5.07. The van der Waals surface area contributed by atoms with Gasteiger partial charge in [-0.15, -0.1) is 0 Å². The molecule has 2 aromatic rings. The fourth-order valence-electron chi connectivity index (χ4n) is 2.19. The van der Waals surface area contributed by atoms with Crippen LogP contribution in [0.15, 0.2) is 40.0 Å². The molecule has 1 saturated carbocycles. The van der Waals surface area contributed by atoms with Crippen LogP contribution >= 0.6 is 0 Å². The Hall–Kier alpha value is -1.99. The highest BCUT2D eigenvalue weighted by Crippen LogP contribution is 2.22. The third kappa shape index (κ3) is 3.42. The van der Waals surface area contributed by atoms with Gasteiger partial charge in [-0.3, -0.25) is 4.79 Å². The van der Waals surface area contributed by atoms with Crippen LogP contribution < -0.4 is 10.3 Å². The van der Waals surface area contributed by atoms with Gasteiger partial charge < -0.3 is 0 Å². The van der Waals surface area contributed by atoms with Crippen molar-refractivity contribution in [1.29, 1.82) is 0 Å². The maximum Gasteiger partial charge on any atom is 0.267 e. The molecule has 0 atom stereocenters. The molecular formula is C15H17N3O3S. The van der Waals surface area contributed by atoms with E-state index in [1.165, 1.54) is 0 Å². The fraction of sp³-hybridized carbons (Fsp3) is 0.333. The van der Waals surface area contributed by atoms with Crippen LogP contribution in [0.25, 0.3) is 0 Å². The molecule has 2 N–H and O–H groups in total. The molecule has 1 aliphatic rings. The van der Waals surface area contributed by atoms with E-state index in [1.54, 1.807) is 37.3 Å². The Morgan fingerprint density at radius 3 is 2.59 bits per heavy atom. The molecule has 1 heterocycles. The van der Waals surface area contributed by atoms with Gasteiger partial charge in [-0.05, 0) is 43.5 Å². The number of rotatable bonds is 5. The molecule has 3 rings (SSSR count). The fourth-order valence-corrected chi connectivity index (χ4v) is 3.49. The van der Waals surface area contributed by atoms with Crippen LogP contribution in [0.3, 0.4) is 0 Å². The molecule has 1 aromatic heterocycles. The second kappa shape index (κ2) is 5.66. The maximum atomic E-state index is 12.1. The smallest absolute Gasteiger partial charge is 0.267 e. The summed E-state index contributed by atoms with van der Waals surface area (Å²) in [7, 11) is -3.43. The van der Waals surface area contributed by atoms with E-state index in [4.69, 9.17) is 0 Å². The molecule has 116 valence electrons. The number of aromatic amines is 1. The predicted octanol–water partition coefficient (Wildman–Crippen LogP) is 1.11. The van der Waals surface area contributed by atoms with Gasteiger partial charge in [-0.2, -0.15) is 5.10 Å². The summed E-state index contributed by atoms with van der Waals surface area (Å²) in [5, 5.41) is 6.28. The van der Waals surface area contributed by atoms with Crippen molar-refractivity contribution in [2.75, 3.05) is 0 Å². The number of sulfonamides is 1. The Labute approximate surface area is 128 Å². The largest absolute Gasteiger partial charge is 0.268 e. The number of hydrogen-bond acceptors (Lipinski definition) is 4. The Morgan fingerprint density at radius 1 is 1.27 bits per heavy atom. The number of H-pyrrole nitrogens is 1. The van der Waals surface area contributed by atoms with E-state index in [0.717, 1.165) is 24.1 Å². The van der Waals surface area contributed by atoms with Crippen LogP contribution in [0.2, 0.25) is 0 Å². The molecular weight excluding hydrogens is 302 g/mol. The molecule has 0 unspecified atom stereocenters. The highest BCUT2D eigenvalue weighted by atomic mass is 32.2. The SMILES string of the molecule is Cc1cc(Cc2ccc(S(=O)(=O)NC3CC3)cc2)c(=O)[nH]n1. The third-order valence-electron chi connectivity index (χ3n) is 3.54. The zero-order chi connectivity index (χ0) is 15.7. The van der Waals surface area contributed by atoms with Crippen LogP contribution in [-0.2, 0) is 16.4 Å². The molecule has 1 aliphatic carbocycles. The van der Waals surface area contributed by atoms with E-state index in [2.05, 4.69) is 14.9 Å². The summed E-state index contributed by atoms with van der Waals surface area (Å²) in [5.74, 6) is 0. The Morgan fingerprint density at radius 2 is 1.95 bits per heavy atom. The van der Waals surface area contributed by atoms with Crippen LogP contribution in [0.1, 0.15) is 29.7 Å². The number of hydrogen-bond donors (Lipinski definition) is 2. The molecule has 22 heavy (non-hydrogen) atoms. The standard InChI is InChI=1S/C15H17N3O3S/c1-10-8-12(15(19)17-16-10)9-11-2-6-14(7-3-11)22(20,21)18-13-4-5-13/h2-3,6-8,13,18H,4-5,9H2,1H3,(H,17,19). The lowest BCUT2D eigenvalue weighted by Crippen LogP contribution is -2.25. The minimum absolute atomic E-state index is 0.0861. The lowest BCUT2D eigenvalue weighted by atomic mass is 10.1. The van der Waals surface area contributed by atoms with E-state index in [0.29, 0.717) is 12.0 Å². The quantitative estimate of drug-likeness (QED) is 0.863. The van der Waals surface area contributed by atoms with Crippen LogP contribution in [0, 0.1) is 6.92 Å². The van der Waals surface area contributed by atoms with Crippen LogP contribution in [-0.4, -0.2) is 24.7 Å². The first-order chi connectivity index (χ1) is 10.4. The van der Waals surface area contributed by atoms with Crippen molar-refractivity contribution < 1.29 is 8.42 Å². The number of nitrogens with zero attached hydrogens (tertiary/aromatic N) is 1. The van der Waals surface area contributed by atoms with E-state index in [-0.39, 0.29) is 16.5 Å². The van der Waals surface area contributed by atoms with E-state index in [1.807, 2.05) is 0 Å². The van der Waals surface area contributed by atoms with Crippen molar-refractivity contribution in [2.45, 2.75) is 37.1 Å². The molecule has 0 radical (unpaired) electrons. The molecule has 7 heteroatoms. The molecule has 0 aliphatic heterocycles. The molecule has 0 spiro atoms.